The molecule has 1 N–H and O–H groups in total. The van der Waals surface area contributed by atoms with Crippen molar-refractivity contribution in [3.63, 3.8) is 0 Å². The molecule has 0 spiro atoms. The second-order valence-corrected chi connectivity index (χ2v) is 8.44. The Morgan fingerprint density at radius 1 is 0.972 bits per heavy atom. The third kappa shape index (κ3) is 5.65. The summed E-state index contributed by atoms with van der Waals surface area (Å²) in [6, 6.07) is 11.3. The van der Waals surface area contributed by atoms with Crippen molar-refractivity contribution < 1.29 is 28.9 Å². The molecule has 1 aliphatic heterocycles. The molecule has 36 heavy (non-hydrogen) atoms. The zero-order valence-corrected chi connectivity index (χ0v) is 21.7. The molecule has 1 atom stereocenters. The molecule has 1 fully saturated rings. The lowest BCUT2D eigenvalue weighted by atomic mass is 9.95. The third-order valence-corrected chi connectivity index (χ3v) is 6.47. The number of aliphatic hydroxyl groups excluding tert-OH is 1. The summed E-state index contributed by atoms with van der Waals surface area (Å²) in [6.45, 7) is 9.53. The van der Waals surface area contributed by atoms with Crippen LogP contribution in [0.25, 0.3) is 5.76 Å². The fourth-order valence-corrected chi connectivity index (χ4v) is 4.50. The van der Waals surface area contributed by atoms with Crippen molar-refractivity contribution >= 4 is 17.4 Å². The zero-order chi connectivity index (χ0) is 26.2. The number of amides is 1. The Bertz CT molecular complexity index is 1090. The van der Waals surface area contributed by atoms with E-state index in [9.17, 15) is 14.7 Å². The van der Waals surface area contributed by atoms with Gasteiger partial charge >= 0.3 is 0 Å². The van der Waals surface area contributed by atoms with Crippen LogP contribution in [0, 0.1) is 0 Å². The molecule has 8 nitrogen and oxygen atoms in total. The topological polar surface area (TPSA) is 88.5 Å². The number of nitrogens with zero attached hydrogens (tertiary/aromatic N) is 2. The van der Waals surface area contributed by atoms with Crippen molar-refractivity contribution in [3.05, 3.63) is 59.2 Å². The summed E-state index contributed by atoms with van der Waals surface area (Å²) < 4.78 is 16.4. The molecule has 1 saturated heterocycles. The van der Waals surface area contributed by atoms with E-state index in [1.54, 1.807) is 55.5 Å². The highest BCUT2D eigenvalue weighted by Gasteiger charge is 2.46. The lowest BCUT2D eigenvalue weighted by Gasteiger charge is -2.27. The van der Waals surface area contributed by atoms with Crippen molar-refractivity contribution in [2.24, 2.45) is 0 Å². The van der Waals surface area contributed by atoms with E-state index in [0.717, 1.165) is 19.6 Å². The summed E-state index contributed by atoms with van der Waals surface area (Å²) in [5, 5.41) is 11.3. The first-order chi connectivity index (χ1) is 17.4. The second-order valence-electron chi connectivity index (χ2n) is 8.44. The molecule has 3 rings (SSSR count). The molecular formula is C28H36N2O6. The third-order valence-electron chi connectivity index (χ3n) is 6.47. The Labute approximate surface area is 213 Å². The number of Topliss-reactive ketones (excluding diaryl/α,β-unsaturated/α-hetero) is 1. The highest BCUT2D eigenvalue weighted by atomic mass is 16.5. The summed E-state index contributed by atoms with van der Waals surface area (Å²) in [5.41, 5.74) is 1.14. The first-order valence-electron chi connectivity index (χ1n) is 12.4. The average Bonchev–Trinajstić information content (AvgIpc) is 3.16. The van der Waals surface area contributed by atoms with Crippen LogP contribution in [0.3, 0.4) is 0 Å². The maximum atomic E-state index is 13.3. The van der Waals surface area contributed by atoms with Gasteiger partial charge in [-0.05, 0) is 74.9 Å². The number of carbonyl (C=O) groups is 2. The number of benzene rings is 2. The van der Waals surface area contributed by atoms with Crippen LogP contribution in [0.1, 0.15) is 44.4 Å². The smallest absolute Gasteiger partial charge is 0.295 e. The highest BCUT2D eigenvalue weighted by Crippen LogP contribution is 2.42. The number of rotatable bonds is 12. The van der Waals surface area contributed by atoms with Gasteiger partial charge in [0, 0.05) is 12.1 Å². The molecule has 2 aromatic carbocycles. The Hall–Kier alpha value is -3.52. The Balaban J connectivity index is 2.08. The Kier molecular flexibility index (Phi) is 9.36. The van der Waals surface area contributed by atoms with Gasteiger partial charge in [-0.25, -0.2) is 0 Å². The minimum absolute atomic E-state index is 0.0548. The van der Waals surface area contributed by atoms with Crippen LogP contribution in [0.4, 0.5) is 0 Å². The van der Waals surface area contributed by atoms with Gasteiger partial charge in [0.1, 0.15) is 11.5 Å². The van der Waals surface area contributed by atoms with Gasteiger partial charge in [-0.3, -0.25) is 9.59 Å². The maximum Gasteiger partial charge on any atom is 0.295 e. The number of methoxy groups -OCH3 is 2. The van der Waals surface area contributed by atoms with E-state index in [0.29, 0.717) is 47.9 Å². The number of ketones is 1. The highest BCUT2D eigenvalue weighted by molar-refractivity contribution is 6.46. The van der Waals surface area contributed by atoms with Crippen LogP contribution in [0.5, 0.6) is 17.2 Å². The second kappa shape index (κ2) is 12.4. The molecule has 1 heterocycles. The molecule has 8 heteroatoms. The molecule has 0 aromatic heterocycles. The number of likely N-dealkylation sites (tertiary alicyclic amines) is 1. The van der Waals surface area contributed by atoms with Crippen molar-refractivity contribution in [3.8, 4) is 17.2 Å². The quantitative estimate of drug-likeness (QED) is 0.267. The van der Waals surface area contributed by atoms with Gasteiger partial charge in [-0.1, -0.05) is 19.9 Å². The first kappa shape index (κ1) is 27.1. The summed E-state index contributed by atoms with van der Waals surface area (Å²) >= 11 is 0. The summed E-state index contributed by atoms with van der Waals surface area (Å²) in [4.78, 5) is 30.3. The fraction of sp³-hybridized carbons (Fsp3) is 0.429. The lowest BCUT2D eigenvalue weighted by Crippen LogP contribution is -2.33. The monoisotopic (exact) mass is 496 g/mol. The van der Waals surface area contributed by atoms with Crippen LogP contribution in [-0.4, -0.2) is 73.6 Å². The molecule has 194 valence electrons. The largest absolute Gasteiger partial charge is 0.507 e. The zero-order valence-electron chi connectivity index (χ0n) is 21.7. The first-order valence-corrected chi connectivity index (χ1v) is 12.4. The SMILES string of the molecule is CCOc1ccc([C@H]2C(=C(O)c3ccc(OC)cc3)C(=O)C(=O)N2CCCN(CC)CC)cc1OC. The van der Waals surface area contributed by atoms with Crippen molar-refractivity contribution in [2.45, 2.75) is 33.2 Å². The minimum atomic E-state index is -0.756. The van der Waals surface area contributed by atoms with E-state index in [-0.39, 0.29) is 11.3 Å². The molecular weight excluding hydrogens is 460 g/mol. The van der Waals surface area contributed by atoms with Gasteiger partial charge in [-0.15, -0.1) is 0 Å². The van der Waals surface area contributed by atoms with Crippen LogP contribution >= 0.6 is 0 Å². The predicted octanol–water partition coefficient (Wildman–Crippen LogP) is 4.26. The van der Waals surface area contributed by atoms with Gasteiger partial charge in [0.2, 0.25) is 0 Å². The van der Waals surface area contributed by atoms with Crippen LogP contribution in [-0.2, 0) is 9.59 Å². The molecule has 2 aromatic rings. The normalized spacial score (nSPS) is 17.1. The molecule has 0 saturated carbocycles. The molecule has 0 aliphatic carbocycles. The standard InChI is InChI=1S/C28H36N2O6/c1-6-29(7-2)16-9-17-30-25(20-12-15-22(36-8-3)23(18-20)35-5)24(27(32)28(30)33)26(31)19-10-13-21(34-4)14-11-19/h10-15,18,25,31H,6-9,16-17H2,1-5H3/t25-/m0/s1. The number of ether oxygens (including phenoxy) is 3. The van der Waals surface area contributed by atoms with Crippen LogP contribution in [0.2, 0.25) is 0 Å². The van der Waals surface area contributed by atoms with Crippen molar-refractivity contribution in [1.82, 2.24) is 9.80 Å². The fourth-order valence-electron chi connectivity index (χ4n) is 4.50. The van der Waals surface area contributed by atoms with Crippen LogP contribution < -0.4 is 14.2 Å². The number of hydrogen-bond acceptors (Lipinski definition) is 7. The van der Waals surface area contributed by atoms with Gasteiger partial charge in [-0.2, -0.15) is 0 Å². The van der Waals surface area contributed by atoms with Crippen LogP contribution in [0.15, 0.2) is 48.0 Å². The minimum Gasteiger partial charge on any atom is -0.507 e. The van der Waals surface area contributed by atoms with E-state index < -0.39 is 17.7 Å². The Morgan fingerprint density at radius 3 is 2.25 bits per heavy atom. The number of aliphatic hydroxyl groups is 1. The van der Waals surface area contributed by atoms with Gasteiger partial charge < -0.3 is 29.1 Å². The summed E-state index contributed by atoms with van der Waals surface area (Å²) in [5.74, 6) is 0.132. The summed E-state index contributed by atoms with van der Waals surface area (Å²) in [6.07, 6.45) is 0.696. The molecule has 0 unspecified atom stereocenters. The summed E-state index contributed by atoms with van der Waals surface area (Å²) in [7, 11) is 3.10. The molecule has 1 aliphatic rings. The van der Waals surface area contributed by atoms with Gasteiger partial charge in [0.25, 0.3) is 11.7 Å². The Morgan fingerprint density at radius 2 is 1.67 bits per heavy atom. The van der Waals surface area contributed by atoms with E-state index in [1.165, 1.54) is 0 Å². The lowest BCUT2D eigenvalue weighted by molar-refractivity contribution is -0.140. The maximum absolute atomic E-state index is 13.3. The van der Waals surface area contributed by atoms with Crippen molar-refractivity contribution in [1.29, 1.82) is 0 Å². The van der Waals surface area contributed by atoms with E-state index in [2.05, 4.69) is 18.7 Å². The van der Waals surface area contributed by atoms with E-state index in [1.807, 2.05) is 13.0 Å². The van der Waals surface area contributed by atoms with E-state index >= 15 is 0 Å². The molecule has 0 bridgehead atoms. The van der Waals surface area contributed by atoms with E-state index in [4.69, 9.17) is 14.2 Å². The molecule has 0 radical (unpaired) electrons. The van der Waals surface area contributed by atoms with Crippen molar-refractivity contribution in [2.75, 3.05) is 47.0 Å². The number of hydrogen-bond donors (Lipinski definition) is 1. The average molecular weight is 497 g/mol. The molecule has 1 amide bonds. The predicted molar refractivity (Wildman–Crippen MR) is 139 cm³/mol. The van der Waals surface area contributed by atoms with Gasteiger partial charge in [0.05, 0.1) is 32.4 Å². The van der Waals surface area contributed by atoms with Gasteiger partial charge in [0.15, 0.2) is 11.5 Å². The number of carbonyl (C=O) groups excluding carboxylic acids is 2.